The van der Waals surface area contributed by atoms with Crippen LogP contribution in [0, 0.1) is 10.1 Å². The molecule has 0 fully saturated rings. The van der Waals surface area contributed by atoms with Gasteiger partial charge in [0, 0.05) is 6.20 Å². The summed E-state index contributed by atoms with van der Waals surface area (Å²) < 4.78 is 6.26. The fraction of sp³-hybridized carbons (Fsp3) is 0.125. The van der Waals surface area contributed by atoms with E-state index in [1.165, 1.54) is 35.0 Å². The number of rotatable bonds is 6. The van der Waals surface area contributed by atoms with Crippen molar-refractivity contribution < 1.29 is 14.5 Å². The van der Waals surface area contributed by atoms with E-state index in [4.69, 9.17) is 4.74 Å². The highest BCUT2D eigenvalue weighted by Gasteiger charge is 2.25. The number of allylic oxidation sites excluding steroid dienone is 4. The van der Waals surface area contributed by atoms with E-state index in [9.17, 15) is 14.9 Å². The van der Waals surface area contributed by atoms with Gasteiger partial charge in [-0.15, -0.1) is 0 Å². The van der Waals surface area contributed by atoms with E-state index in [0.717, 1.165) is 0 Å². The SMILES string of the molecule is C=C/C=C(\C=C)c1ccn2c(C(=O)OCC)cnc2c1[N+](=O)[O-]. The number of pyridine rings is 1. The van der Waals surface area contributed by atoms with Crippen LogP contribution in [-0.4, -0.2) is 26.9 Å². The van der Waals surface area contributed by atoms with Crippen LogP contribution < -0.4 is 0 Å². The standard InChI is InChI=1S/C16H15N3O4/c1-4-7-11(5-2)12-8-9-18-13(16(20)23-6-3)10-17-15(18)14(12)19(21)22/h4-5,7-10H,1-2,6H2,3H3/b11-7+. The smallest absolute Gasteiger partial charge is 0.356 e. The molecule has 118 valence electrons. The molecule has 0 bridgehead atoms. The van der Waals surface area contributed by atoms with Gasteiger partial charge in [-0.1, -0.05) is 31.4 Å². The molecular weight excluding hydrogens is 298 g/mol. The highest BCUT2D eigenvalue weighted by molar-refractivity contribution is 5.91. The second-order valence-electron chi connectivity index (χ2n) is 4.45. The van der Waals surface area contributed by atoms with Gasteiger partial charge in [0.1, 0.15) is 0 Å². The molecule has 2 heterocycles. The number of imidazole rings is 1. The van der Waals surface area contributed by atoms with Crippen molar-refractivity contribution in [1.29, 1.82) is 0 Å². The van der Waals surface area contributed by atoms with Gasteiger partial charge in [0.15, 0.2) is 5.69 Å². The summed E-state index contributed by atoms with van der Waals surface area (Å²) in [6.07, 6.45) is 7.42. The quantitative estimate of drug-likeness (QED) is 0.354. The highest BCUT2D eigenvalue weighted by atomic mass is 16.6. The van der Waals surface area contributed by atoms with Crippen molar-refractivity contribution in [3.63, 3.8) is 0 Å². The zero-order valence-electron chi connectivity index (χ0n) is 12.6. The molecular formula is C16H15N3O4. The summed E-state index contributed by atoms with van der Waals surface area (Å²) in [6, 6.07) is 1.53. The van der Waals surface area contributed by atoms with Crippen LogP contribution in [0.2, 0.25) is 0 Å². The number of aromatic nitrogens is 2. The van der Waals surface area contributed by atoms with Crippen LogP contribution in [0.3, 0.4) is 0 Å². The van der Waals surface area contributed by atoms with E-state index in [-0.39, 0.29) is 23.6 Å². The van der Waals surface area contributed by atoms with E-state index in [1.807, 2.05) is 0 Å². The Morgan fingerprint density at radius 2 is 2.26 bits per heavy atom. The van der Waals surface area contributed by atoms with Gasteiger partial charge in [-0.3, -0.25) is 14.5 Å². The van der Waals surface area contributed by atoms with Crippen LogP contribution in [0.4, 0.5) is 5.69 Å². The van der Waals surface area contributed by atoms with Crippen LogP contribution in [0.1, 0.15) is 23.0 Å². The third-order valence-corrected chi connectivity index (χ3v) is 3.15. The normalized spacial score (nSPS) is 11.3. The number of hydrogen-bond acceptors (Lipinski definition) is 5. The molecule has 0 saturated carbocycles. The summed E-state index contributed by atoms with van der Waals surface area (Å²) in [6.45, 7) is 9.12. The van der Waals surface area contributed by atoms with Gasteiger partial charge in [-0.2, -0.15) is 0 Å². The minimum atomic E-state index is -0.590. The van der Waals surface area contributed by atoms with Gasteiger partial charge in [-0.05, 0) is 18.6 Å². The second-order valence-corrected chi connectivity index (χ2v) is 4.45. The molecule has 0 atom stereocenters. The molecule has 7 heteroatoms. The molecule has 0 spiro atoms. The topological polar surface area (TPSA) is 86.7 Å². The van der Waals surface area contributed by atoms with Crippen molar-refractivity contribution in [2.24, 2.45) is 0 Å². The molecule has 0 aromatic carbocycles. The Labute approximate surface area is 132 Å². The van der Waals surface area contributed by atoms with E-state index in [2.05, 4.69) is 18.1 Å². The Morgan fingerprint density at radius 3 is 2.83 bits per heavy atom. The maximum atomic E-state index is 11.9. The lowest BCUT2D eigenvalue weighted by Crippen LogP contribution is -2.08. The Morgan fingerprint density at radius 1 is 1.52 bits per heavy atom. The average molecular weight is 313 g/mol. The molecule has 0 amide bonds. The first-order valence-electron chi connectivity index (χ1n) is 6.82. The predicted molar refractivity (Wildman–Crippen MR) is 86.2 cm³/mol. The predicted octanol–water partition coefficient (Wildman–Crippen LogP) is 3.17. The monoisotopic (exact) mass is 313 g/mol. The molecule has 0 aliphatic rings. The van der Waals surface area contributed by atoms with Crippen molar-refractivity contribution in [3.05, 3.63) is 71.2 Å². The molecule has 0 radical (unpaired) electrons. The Bertz CT molecular complexity index is 833. The van der Waals surface area contributed by atoms with Crippen LogP contribution in [0.25, 0.3) is 11.2 Å². The van der Waals surface area contributed by atoms with Gasteiger partial charge < -0.3 is 4.74 Å². The zero-order valence-corrected chi connectivity index (χ0v) is 12.6. The zero-order chi connectivity index (χ0) is 17.0. The van der Waals surface area contributed by atoms with Crippen LogP contribution >= 0.6 is 0 Å². The summed E-state index contributed by atoms with van der Waals surface area (Å²) >= 11 is 0. The number of ether oxygens (including phenoxy) is 1. The van der Waals surface area contributed by atoms with E-state index >= 15 is 0 Å². The third kappa shape index (κ3) is 2.89. The van der Waals surface area contributed by atoms with Crippen molar-refractivity contribution in [1.82, 2.24) is 9.38 Å². The Balaban J connectivity index is 2.75. The maximum Gasteiger partial charge on any atom is 0.356 e. The fourth-order valence-corrected chi connectivity index (χ4v) is 2.20. The summed E-state index contributed by atoms with van der Waals surface area (Å²) in [4.78, 5) is 26.9. The molecule has 2 rings (SSSR count). The molecule has 2 aromatic heterocycles. The van der Waals surface area contributed by atoms with Gasteiger partial charge in [0.25, 0.3) is 0 Å². The molecule has 23 heavy (non-hydrogen) atoms. The fourth-order valence-electron chi connectivity index (χ4n) is 2.20. The molecule has 0 unspecified atom stereocenters. The van der Waals surface area contributed by atoms with Gasteiger partial charge in [0.05, 0.1) is 23.3 Å². The number of fused-ring (bicyclic) bond motifs is 1. The Kier molecular flexibility index (Phi) is 4.70. The third-order valence-electron chi connectivity index (χ3n) is 3.15. The minimum absolute atomic E-state index is 0.0624. The lowest BCUT2D eigenvalue weighted by atomic mass is 10.0. The first-order chi connectivity index (χ1) is 11.0. The molecule has 0 aliphatic heterocycles. The van der Waals surface area contributed by atoms with Gasteiger partial charge >= 0.3 is 11.7 Å². The van der Waals surface area contributed by atoms with Crippen molar-refractivity contribution in [2.45, 2.75) is 6.92 Å². The molecule has 0 saturated heterocycles. The number of esters is 1. The molecule has 0 N–H and O–H groups in total. The van der Waals surface area contributed by atoms with Crippen LogP contribution in [-0.2, 0) is 4.74 Å². The highest BCUT2D eigenvalue weighted by Crippen LogP contribution is 2.31. The van der Waals surface area contributed by atoms with E-state index in [0.29, 0.717) is 11.1 Å². The average Bonchev–Trinajstić information content (AvgIpc) is 2.95. The molecule has 0 aliphatic carbocycles. The first-order valence-corrected chi connectivity index (χ1v) is 6.82. The van der Waals surface area contributed by atoms with Crippen molar-refractivity contribution >= 4 is 22.9 Å². The second kappa shape index (κ2) is 6.69. The van der Waals surface area contributed by atoms with Crippen LogP contribution in [0.15, 0.2) is 49.8 Å². The lowest BCUT2D eigenvalue weighted by Gasteiger charge is -2.06. The summed E-state index contributed by atoms with van der Waals surface area (Å²) in [5.74, 6) is -0.590. The number of nitrogens with zero attached hydrogens (tertiary/aromatic N) is 3. The molecule has 7 nitrogen and oxygen atoms in total. The summed E-state index contributed by atoms with van der Waals surface area (Å²) in [7, 11) is 0. The summed E-state index contributed by atoms with van der Waals surface area (Å²) in [5, 5.41) is 11.5. The van der Waals surface area contributed by atoms with Crippen molar-refractivity contribution in [3.8, 4) is 0 Å². The minimum Gasteiger partial charge on any atom is -0.461 e. The number of hydrogen-bond donors (Lipinski definition) is 0. The number of carbonyl (C=O) groups excluding carboxylic acids is 1. The van der Waals surface area contributed by atoms with E-state index < -0.39 is 10.9 Å². The largest absolute Gasteiger partial charge is 0.461 e. The number of nitro groups is 1. The molecule has 2 aromatic rings. The van der Waals surface area contributed by atoms with Gasteiger partial charge in [0.2, 0.25) is 5.65 Å². The summed E-state index contributed by atoms with van der Waals surface area (Å²) in [5.41, 5.74) is 0.862. The first kappa shape index (κ1) is 16.2. The lowest BCUT2D eigenvalue weighted by molar-refractivity contribution is -0.383. The maximum absolute atomic E-state index is 11.9. The Hall–Kier alpha value is -3.22. The van der Waals surface area contributed by atoms with Gasteiger partial charge in [-0.25, -0.2) is 9.78 Å². The van der Waals surface area contributed by atoms with Crippen LogP contribution in [0.5, 0.6) is 0 Å². The van der Waals surface area contributed by atoms with E-state index in [1.54, 1.807) is 13.0 Å². The van der Waals surface area contributed by atoms with Crippen molar-refractivity contribution in [2.75, 3.05) is 6.61 Å². The number of carbonyl (C=O) groups is 1.